The second-order valence-electron chi connectivity index (χ2n) is 6.88. The summed E-state index contributed by atoms with van der Waals surface area (Å²) in [5, 5.41) is 2.48. The lowest BCUT2D eigenvalue weighted by Crippen LogP contribution is -2.48. The molecule has 2 rings (SSSR count). The lowest BCUT2D eigenvalue weighted by molar-refractivity contribution is 0.0933. The number of nitrogens with one attached hydrogen (secondary N) is 3. The standard InChI is InChI=1S/C21H23Br2N3O4S/c1-12(2)8-9-30-17-7-5-14(22)11-15(17)20(28)24-21(31)26-25-19(27)13-4-6-18(29-3)16(23)10-13/h4-7,10-12H,8-9H2,1-3H3,(H,25,27)(H2,24,26,28,31). The van der Waals surface area contributed by atoms with E-state index in [4.69, 9.17) is 21.7 Å². The number of amides is 2. The molecule has 166 valence electrons. The number of methoxy groups -OCH3 is 1. The monoisotopic (exact) mass is 571 g/mol. The van der Waals surface area contributed by atoms with Gasteiger partial charge in [0.15, 0.2) is 5.11 Å². The summed E-state index contributed by atoms with van der Waals surface area (Å²) in [6.07, 6.45) is 0.866. The summed E-state index contributed by atoms with van der Waals surface area (Å²) in [6.45, 7) is 4.69. The normalized spacial score (nSPS) is 10.4. The highest BCUT2D eigenvalue weighted by Gasteiger charge is 2.16. The predicted octanol–water partition coefficient (Wildman–Crippen LogP) is 4.59. The number of halogens is 2. The van der Waals surface area contributed by atoms with Crippen LogP contribution in [-0.2, 0) is 0 Å². The van der Waals surface area contributed by atoms with E-state index in [1.54, 1.807) is 36.4 Å². The first-order chi connectivity index (χ1) is 14.7. The molecule has 0 atom stereocenters. The molecule has 0 bridgehead atoms. The van der Waals surface area contributed by atoms with E-state index in [1.165, 1.54) is 7.11 Å². The molecule has 0 saturated heterocycles. The van der Waals surface area contributed by atoms with Crippen LogP contribution in [0.5, 0.6) is 11.5 Å². The maximum atomic E-state index is 12.7. The second-order valence-corrected chi connectivity index (χ2v) is 9.06. The molecule has 0 radical (unpaired) electrons. The predicted molar refractivity (Wildman–Crippen MR) is 130 cm³/mol. The summed E-state index contributed by atoms with van der Waals surface area (Å²) in [7, 11) is 1.54. The number of rotatable bonds is 7. The minimum absolute atomic E-state index is 0.0565. The fourth-order valence-electron chi connectivity index (χ4n) is 2.41. The third-order valence-electron chi connectivity index (χ3n) is 4.07. The second kappa shape index (κ2) is 12.0. The Bertz CT molecular complexity index is 970. The number of carbonyl (C=O) groups excluding carboxylic acids is 2. The van der Waals surface area contributed by atoms with Crippen molar-refractivity contribution in [1.82, 2.24) is 16.2 Å². The summed E-state index contributed by atoms with van der Waals surface area (Å²) < 4.78 is 12.3. The molecule has 0 unspecified atom stereocenters. The fraction of sp³-hybridized carbons (Fsp3) is 0.286. The van der Waals surface area contributed by atoms with Gasteiger partial charge in [0.05, 0.1) is 23.8 Å². The van der Waals surface area contributed by atoms with Gasteiger partial charge in [0.25, 0.3) is 11.8 Å². The van der Waals surface area contributed by atoms with Crippen LogP contribution in [0.2, 0.25) is 0 Å². The van der Waals surface area contributed by atoms with Gasteiger partial charge < -0.3 is 9.47 Å². The molecule has 0 aliphatic rings. The summed E-state index contributed by atoms with van der Waals surface area (Å²) in [5.74, 6) is 0.656. The van der Waals surface area contributed by atoms with E-state index in [0.717, 1.165) is 10.9 Å². The molecular formula is C21H23Br2N3O4S. The summed E-state index contributed by atoms with van der Waals surface area (Å²) in [5.41, 5.74) is 5.67. The van der Waals surface area contributed by atoms with E-state index in [1.807, 2.05) is 0 Å². The highest BCUT2D eigenvalue weighted by Crippen LogP contribution is 2.25. The van der Waals surface area contributed by atoms with Crippen molar-refractivity contribution in [2.45, 2.75) is 20.3 Å². The van der Waals surface area contributed by atoms with Crippen LogP contribution in [0.15, 0.2) is 45.3 Å². The molecule has 2 aromatic rings. The van der Waals surface area contributed by atoms with Crippen molar-refractivity contribution in [2.75, 3.05) is 13.7 Å². The topological polar surface area (TPSA) is 88.7 Å². The van der Waals surface area contributed by atoms with Crippen LogP contribution in [0.25, 0.3) is 0 Å². The molecule has 2 amide bonds. The average Bonchev–Trinajstić information content (AvgIpc) is 2.72. The summed E-state index contributed by atoms with van der Waals surface area (Å²) >= 11 is 11.8. The molecule has 0 aromatic heterocycles. The SMILES string of the molecule is COc1ccc(C(=O)NNC(=S)NC(=O)c2cc(Br)ccc2OCCC(C)C)cc1Br. The van der Waals surface area contributed by atoms with Crippen LogP contribution in [-0.4, -0.2) is 30.6 Å². The van der Waals surface area contributed by atoms with Gasteiger partial charge in [-0.15, -0.1) is 0 Å². The maximum absolute atomic E-state index is 12.7. The van der Waals surface area contributed by atoms with Crippen molar-refractivity contribution in [2.24, 2.45) is 5.92 Å². The minimum atomic E-state index is -0.459. The third kappa shape index (κ3) is 7.79. The highest BCUT2D eigenvalue weighted by atomic mass is 79.9. The molecule has 0 saturated carbocycles. The molecule has 3 N–H and O–H groups in total. The van der Waals surface area contributed by atoms with Gasteiger partial charge in [-0.2, -0.15) is 0 Å². The molecule has 0 aliphatic heterocycles. The molecule has 31 heavy (non-hydrogen) atoms. The van der Waals surface area contributed by atoms with Crippen molar-refractivity contribution in [3.8, 4) is 11.5 Å². The Hall–Kier alpha value is -2.17. The van der Waals surface area contributed by atoms with Crippen molar-refractivity contribution in [3.05, 3.63) is 56.5 Å². The van der Waals surface area contributed by atoms with E-state index < -0.39 is 11.8 Å². The van der Waals surface area contributed by atoms with Crippen molar-refractivity contribution in [1.29, 1.82) is 0 Å². The van der Waals surface area contributed by atoms with Crippen LogP contribution >= 0.6 is 44.1 Å². The number of hydrogen-bond donors (Lipinski definition) is 3. The van der Waals surface area contributed by atoms with E-state index in [2.05, 4.69) is 61.9 Å². The van der Waals surface area contributed by atoms with E-state index in [9.17, 15) is 9.59 Å². The number of carbonyl (C=O) groups is 2. The summed E-state index contributed by atoms with van der Waals surface area (Å²) in [6, 6.07) is 10.0. The number of hydrazine groups is 1. The van der Waals surface area contributed by atoms with Crippen LogP contribution in [0, 0.1) is 5.92 Å². The Kier molecular flexibility index (Phi) is 9.73. The first-order valence-electron chi connectivity index (χ1n) is 9.38. The Morgan fingerprint density at radius 3 is 2.39 bits per heavy atom. The molecule has 10 heteroatoms. The number of hydrogen-bond acceptors (Lipinski definition) is 5. The minimum Gasteiger partial charge on any atom is -0.496 e. The van der Waals surface area contributed by atoms with Gasteiger partial charge >= 0.3 is 0 Å². The number of ether oxygens (including phenoxy) is 2. The molecule has 0 fully saturated rings. The van der Waals surface area contributed by atoms with Gasteiger partial charge in [-0.1, -0.05) is 29.8 Å². The zero-order chi connectivity index (χ0) is 23.0. The maximum Gasteiger partial charge on any atom is 0.269 e. The Balaban J connectivity index is 1.96. The van der Waals surface area contributed by atoms with Crippen molar-refractivity contribution >= 4 is 61.0 Å². The Morgan fingerprint density at radius 2 is 1.74 bits per heavy atom. The third-order valence-corrected chi connectivity index (χ3v) is 5.39. The van der Waals surface area contributed by atoms with E-state index in [-0.39, 0.29) is 5.11 Å². The number of benzene rings is 2. The van der Waals surface area contributed by atoms with E-state index in [0.29, 0.717) is 39.6 Å². The molecule has 2 aromatic carbocycles. The summed E-state index contributed by atoms with van der Waals surface area (Å²) in [4.78, 5) is 25.0. The van der Waals surface area contributed by atoms with Gasteiger partial charge in [-0.3, -0.25) is 25.8 Å². The van der Waals surface area contributed by atoms with Crippen LogP contribution in [0.4, 0.5) is 0 Å². The van der Waals surface area contributed by atoms with Crippen LogP contribution in [0.3, 0.4) is 0 Å². The molecule has 0 aliphatic carbocycles. The number of thiocarbonyl (C=S) groups is 1. The van der Waals surface area contributed by atoms with Gasteiger partial charge in [0.2, 0.25) is 0 Å². The zero-order valence-electron chi connectivity index (χ0n) is 17.3. The largest absolute Gasteiger partial charge is 0.496 e. The van der Waals surface area contributed by atoms with Crippen LogP contribution < -0.4 is 25.6 Å². The van der Waals surface area contributed by atoms with Crippen molar-refractivity contribution in [3.63, 3.8) is 0 Å². The average molecular weight is 573 g/mol. The van der Waals surface area contributed by atoms with Crippen molar-refractivity contribution < 1.29 is 19.1 Å². The Morgan fingerprint density at radius 1 is 1.03 bits per heavy atom. The molecule has 0 spiro atoms. The van der Waals surface area contributed by atoms with Gasteiger partial charge in [-0.25, -0.2) is 0 Å². The fourth-order valence-corrected chi connectivity index (χ4v) is 3.45. The van der Waals surface area contributed by atoms with Gasteiger partial charge in [0.1, 0.15) is 11.5 Å². The molecule has 0 heterocycles. The zero-order valence-corrected chi connectivity index (χ0v) is 21.2. The quantitative estimate of drug-likeness (QED) is 0.332. The van der Waals surface area contributed by atoms with E-state index >= 15 is 0 Å². The smallest absolute Gasteiger partial charge is 0.269 e. The lowest BCUT2D eigenvalue weighted by Gasteiger charge is -2.14. The molecular weight excluding hydrogens is 550 g/mol. The van der Waals surface area contributed by atoms with Crippen LogP contribution in [0.1, 0.15) is 41.0 Å². The first-order valence-corrected chi connectivity index (χ1v) is 11.4. The Labute approximate surface area is 203 Å². The lowest BCUT2D eigenvalue weighted by atomic mass is 10.1. The van der Waals surface area contributed by atoms with Gasteiger partial charge in [-0.05, 0) is 76.9 Å². The van der Waals surface area contributed by atoms with Gasteiger partial charge in [0, 0.05) is 10.0 Å². The highest BCUT2D eigenvalue weighted by molar-refractivity contribution is 9.10. The first kappa shape index (κ1) is 25.1. The molecule has 7 nitrogen and oxygen atoms in total.